The Morgan fingerprint density at radius 3 is 3.00 bits per heavy atom. The van der Waals surface area contributed by atoms with E-state index < -0.39 is 0 Å². The van der Waals surface area contributed by atoms with E-state index in [2.05, 4.69) is 32.3 Å². The third-order valence-corrected chi connectivity index (χ3v) is 3.98. The summed E-state index contributed by atoms with van der Waals surface area (Å²) in [6.07, 6.45) is 5.38. The summed E-state index contributed by atoms with van der Waals surface area (Å²) in [6.45, 7) is 1.14. The van der Waals surface area contributed by atoms with E-state index in [4.69, 9.17) is 4.74 Å². The van der Waals surface area contributed by atoms with Crippen molar-refractivity contribution >= 4 is 21.5 Å². The lowest BCUT2D eigenvalue weighted by Crippen LogP contribution is -2.49. The maximum absolute atomic E-state index is 5.26. The highest BCUT2D eigenvalue weighted by atomic mass is 79.9. The fraction of sp³-hybridized carbons (Fsp3) is 0.417. The quantitative estimate of drug-likeness (QED) is 0.844. The average Bonchev–Trinajstić information content (AvgIpc) is 2.56. The van der Waals surface area contributed by atoms with Crippen LogP contribution in [0, 0.1) is 5.92 Å². The molecule has 0 unspecified atom stereocenters. The molecule has 0 aromatic carbocycles. The maximum atomic E-state index is 5.26. The van der Waals surface area contributed by atoms with Gasteiger partial charge in [0.15, 0.2) is 5.75 Å². The first-order chi connectivity index (χ1) is 7.78. The highest BCUT2D eigenvalue weighted by Crippen LogP contribution is 2.37. The molecule has 1 saturated heterocycles. The molecule has 0 radical (unpaired) electrons. The smallest absolute Gasteiger partial charge is 0.152 e. The second-order valence-electron chi connectivity index (χ2n) is 4.31. The molecule has 1 fully saturated rings. The molecule has 4 heteroatoms. The molecule has 84 valence electrons. The van der Waals surface area contributed by atoms with Crippen LogP contribution in [0.4, 0.5) is 0 Å². The van der Waals surface area contributed by atoms with Gasteiger partial charge in [0, 0.05) is 18.8 Å². The summed E-state index contributed by atoms with van der Waals surface area (Å²) in [6, 6.07) is 2.64. The van der Waals surface area contributed by atoms with E-state index >= 15 is 0 Å². The lowest BCUT2D eigenvalue weighted by atomic mass is 9.94. The van der Waals surface area contributed by atoms with Crippen LogP contribution >= 0.6 is 15.9 Å². The minimum absolute atomic E-state index is 0.588. The number of ether oxygens (including phenoxy) is 1. The third kappa shape index (κ3) is 1.57. The zero-order valence-electron chi connectivity index (χ0n) is 9.03. The third-order valence-electron chi connectivity index (χ3n) is 3.38. The molecule has 2 atom stereocenters. The molecule has 3 rings (SSSR count). The van der Waals surface area contributed by atoms with Crippen LogP contribution in [0.1, 0.15) is 12.0 Å². The van der Waals surface area contributed by atoms with Gasteiger partial charge in [-0.15, -0.1) is 0 Å². The lowest BCUT2D eigenvalue weighted by Gasteiger charge is -2.31. The Bertz CT molecular complexity index is 458. The molecule has 1 aromatic rings. The van der Waals surface area contributed by atoms with E-state index in [1.807, 2.05) is 12.3 Å². The van der Waals surface area contributed by atoms with Gasteiger partial charge in [-0.25, -0.2) is 4.98 Å². The largest absolute Gasteiger partial charge is 0.494 e. The van der Waals surface area contributed by atoms with Crippen LogP contribution in [0.2, 0.25) is 0 Å². The second-order valence-corrected chi connectivity index (χ2v) is 5.06. The fourth-order valence-corrected chi connectivity index (χ4v) is 2.72. The van der Waals surface area contributed by atoms with E-state index in [1.54, 1.807) is 7.11 Å². The second kappa shape index (κ2) is 3.86. The lowest BCUT2D eigenvalue weighted by molar-refractivity contribution is 0.301. The van der Waals surface area contributed by atoms with Crippen molar-refractivity contribution in [1.29, 1.82) is 0 Å². The van der Waals surface area contributed by atoms with Gasteiger partial charge in [-0.1, -0.05) is 6.08 Å². The van der Waals surface area contributed by atoms with Crippen LogP contribution in [0.25, 0.3) is 5.57 Å². The fourth-order valence-electron chi connectivity index (χ4n) is 2.34. The van der Waals surface area contributed by atoms with Gasteiger partial charge in [0.1, 0.15) is 4.60 Å². The Labute approximate surface area is 103 Å². The van der Waals surface area contributed by atoms with E-state index in [1.165, 1.54) is 11.1 Å². The first-order valence-electron chi connectivity index (χ1n) is 5.42. The van der Waals surface area contributed by atoms with Gasteiger partial charge < -0.3 is 10.1 Å². The van der Waals surface area contributed by atoms with Crippen LogP contribution in [0.15, 0.2) is 22.9 Å². The standard InChI is InChI=1S/C12H13BrN2O/c1-16-11-4-8(5-15-12(11)13)7-2-9-6-14-10(9)3-7/h3-5,9-10,14H,2,6H2,1H3/t9-,10-/m0/s1. The molecule has 3 nitrogen and oxygen atoms in total. The van der Waals surface area contributed by atoms with Crippen LogP contribution in [-0.4, -0.2) is 24.7 Å². The van der Waals surface area contributed by atoms with Crippen molar-refractivity contribution in [2.75, 3.05) is 13.7 Å². The first-order valence-corrected chi connectivity index (χ1v) is 6.21. The van der Waals surface area contributed by atoms with Crippen molar-refractivity contribution in [2.45, 2.75) is 12.5 Å². The molecule has 1 N–H and O–H groups in total. The summed E-state index contributed by atoms with van der Waals surface area (Å²) in [5, 5.41) is 3.41. The molecule has 16 heavy (non-hydrogen) atoms. The Morgan fingerprint density at radius 2 is 2.44 bits per heavy atom. The van der Waals surface area contributed by atoms with Crippen LogP contribution in [0.3, 0.4) is 0 Å². The van der Waals surface area contributed by atoms with Crippen molar-refractivity contribution in [3.05, 3.63) is 28.5 Å². The van der Waals surface area contributed by atoms with Crippen LogP contribution in [-0.2, 0) is 0 Å². The Morgan fingerprint density at radius 1 is 1.56 bits per heavy atom. The number of pyridine rings is 1. The van der Waals surface area contributed by atoms with Gasteiger partial charge >= 0.3 is 0 Å². The van der Waals surface area contributed by atoms with Crippen molar-refractivity contribution in [3.63, 3.8) is 0 Å². The monoisotopic (exact) mass is 280 g/mol. The highest BCUT2D eigenvalue weighted by Gasteiger charge is 2.34. The summed E-state index contributed by atoms with van der Waals surface area (Å²) >= 11 is 3.37. The Balaban J connectivity index is 1.92. The number of hydrogen-bond acceptors (Lipinski definition) is 3. The molecule has 1 aliphatic heterocycles. The Kier molecular flexibility index (Phi) is 2.48. The summed E-state index contributed by atoms with van der Waals surface area (Å²) in [5.41, 5.74) is 2.56. The number of methoxy groups -OCH3 is 1. The van der Waals surface area contributed by atoms with Crippen molar-refractivity contribution in [1.82, 2.24) is 10.3 Å². The number of nitrogens with zero attached hydrogens (tertiary/aromatic N) is 1. The van der Waals surface area contributed by atoms with E-state index in [-0.39, 0.29) is 0 Å². The number of halogens is 1. The molecule has 0 spiro atoms. The topological polar surface area (TPSA) is 34.1 Å². The molecule has 0 bridgehead atoms. The minimum atomic E-state index is 0.588. The van der Waals surface area contributed by atoms with Crippen molar-refractivity contribution in [3.8, 4) is 5.75 Å². The zero-order chi connectivity index (χ0) is 11.1. The normalized spacial score (nSPS) is 27.0. The van der Waals surface area contributed by atoms with Gasteiger partial charge in [-0.3, -0.25) is 0 Å². The first kappa shape index (κ1) is 10.3. The molecule has 0 saturated carbocycles. The van der Waals surface area contributed by atoms with Gasteiger partial charge in [0.05, 0.1) is 7.11 Å². The highest BCUT2D eigenvalue weighted by molar-refractivity contribution is 9.10. The molecular weight excluding hydrogens is 268 g/mol. The summed E-state index contributed by atoms with van der Waals surface area (Å²) < 4.78 is 6.02. The van der Waals surface area contributed by atoms with E-state index in [0.29, 0.717) is 6.04 Å². The van der Waals surface area contributed by atoms with E-state index in [0.717, 1.165) is 29.2 Å². The predicted octanol–water partition coefficient (Wildman–Crippen LogP) is 2.23. The molecule has 2 aliphatic rings. The molecule has 1 aliphatic carbocycles. The van der Waals surface area contributed by atoms with Gasteiger partial charge in [-0.05, 0) is 45.5 Å². The molecule has 2 heterocycles. The number of hydrogen-bond donors (Lipinski definition) is 1. The number of rotatable bonds is 2. The number of aromatic nitrogens is 1. The minimum Gasteiger partial charge on any atom is -0.494 e. The van der Waals surface area contributed by atoms with Crippen molar-refractivity contribution in [2.24, 2.45) is 5.92 Å². The molecule has 1 aromatic heterocycles. The molecule has 0 amide bonds. The van der Waals surface area contributed by atoms with Gasteiger partial charge in [-0.2, -0.15) is 0 Å². The van der Waals surface area contributed by atoms with Crippen LogP contribution < -0.4 is 10.1 Å². The summed E-state index contributed by atoms with van der Waals surface area (Å²) in [7, 11) is 1.67. The van der Waals surface area contributed by atoms with E-state index in [9.17, 15) is 0 Å². The Hall–Kier alpha value is -0.870. The number of nitrogens with one attached hydrogen (secondary N) is 1. The maximum Gasteiger partial charge on any atom is 0.152 e. The van der Waals surface area contributed by atoms with Gasteiger partial charge in [0.25, 0.3) is 0 Å². The van der Waals surface area contributed by atoms with Crippen LogP contribution in [0.5, 0.6) is 5.75 Å². The van der Waals surface area contributed by atoms with Gasteiger partial charge in [0.2, 0.25) is 0 Å². The predicted molar refractivity (Wildman–Crippen MR) is 66.4 cm³/mol. The number of allylic oxidation sites excluding steroid dienone is 1. The SMILES string of the molecule is COc1cc(C2=C[C@@H]3NC[C@@H]3C2)cnc1Br. The summed E-state index contributed by atoms with van der Waals surface area (Å²) in [4.78, 5) is 4.30. The average molecular weight is 281 g/mol. The molecular formula is C12H13BrN2O. The number of fused-ring (bicyclic) bond motifs is 1. The van der Waals surface area contributed by atoms with Crippen molar-refractivity contribution < 1.29 is 4.74 Å². The summed E-state index contributed by atoms with van der Waals surface area (Å²) in [5.74, 6) is 1.59. The zero-order valence-corrected chi connectivity index (χ0v) is 10.6.